The lowest BCUT2D eigenvalue weighted by atomic mass is 10.1. The monoisotopic (exact) mass is 377 g/mol. The number of hydrogen-bond acceptors (Lipinski definition) is 3. The standard InChI is InChI=1S/C14H20BrNO4S/c1-9(2)5-6-16(4)21(19,20)12-8-11(14(17)18)7-10(3)13(12)15/h7-9H,5-6H2,1-4H3,(H,17,18). The molecule has 0 aromatic heterocycles. The van der Waals surface area contributed by atoms with Gasteiger partial charge < -0.3 is 5.11 Å². The number of carbonyl (C=O) groups is 1. The van der Waals surface area contributed by atoms with Crippen LogP contribution in [0.25, 0.3) is 0 Å². The van der Waals surface area contributed by atoms with Crippen molar-refractivity contribution in [3.8, 4) is 0 Å². The van der Waals surface area contributed by atoms with Crippen LogP contribution in [0.15, 0.2) is 21.5 Å². The molecule has 0 aliphatic rings. The van der Waals surface area contributed by atoms with Crippen molar-refractivity contribution >= 4 is 31.9 Å². The Balaban J connectivity index is 3.27. The zero-order valence-corrected chi connectivity index (χ0v) is 15.0. The largest absolute Gasteiger partial charge is 0.478 e. The summed E-state index contributed by atoms with van der Waals surface area (Å²) < 4.78 is 26.9. The Morgan fingerprint density at radius 1 is 1.38 bits per heavy atom. The minimum atomic E-state index is -3.72. The molecule has 1 aromatic carbocycles. The molecule has 0 atom stereocenters. The minimum absolute atomic E-state index is 0.00819. The summed E-state index contributed by atoms with van der Waals surface area (Å²) in [6.45, 7) is 6.10. The number of carboxylic acid groups (broad SMARTS) is 1. The van der Waals surface area contributed by atoms with Crippen LogP contribution in [0.2, 0.25) is 0 Å². The average Bonchev–Trinajstić information content (AvgIpc) is 2.38. The van der Waals surface area contributed by atoms with E-state index in [0.717, 1.165) is 6.42 Å². The smallest absolute Gasteiger partial charge is 0.335 e. The van der Waals surface area contributed by atoms with Crippen LogP contribution in [0.3, 0.4) is 0 Å². The number of hydrogen-bond donors (Lipinski definition) is 1. The first-order valence-electron chi connectivity index (χ1n) is 6.57. The topological polar surface area (TPSA) is 74.7 Å². The zero-order chi connectivity index (χ0) is 16.4. The van der Waals surface area contributed by atoms with Gasteiger partial charge in [-0.25, -0.2) is 17.5 Å². The molecule has 0 saturated carbocycles. The highest BCUT2D eigenvalue weighted by atomic mass is 79.9. The van der Waals surface area contributed by atoms with Crippen LogP contribution in [-0.2, 0) is 10.0 Å². The summed E-state index contributed by atoms with van der Waals surface area (Å²) in [5.41, 5.74) is 0.539. The van der Waals surface area contributed by atoms with Gasteiger partial charge in [0.25, 0.3) is 0 Å². The zero-order valence-electron chi connectivity index (χ0n) is 12.6. The van der Waals surface area contributed by atoms with Gasteiger partial charge in [0.05, 0.1) is 10.5 Å². The van der Waals surface area contributed by atoms with Crippen LogP contribution in [0, 0.1) is 12.8 Å². The fourth-order valence-corrected chi connectivity index (χ4v) is 3.96. The van der Waals surface area contributed by atoms with Gasteiger partial charge in [-0.1, -0.05) is 13.8 Å². The van der Waals surface area contributed by atoms with Crippen molar-refractivity contribution in [2.45, 2.75) is 32.1 Å². The van der Waals surface area contributed by atoms with Crippen molar-refractivity contribution in [2.75, 3.05) is 13.6 Å². The number of rotatable bonds is 6. The molecular weight excluding hydrogens is 358 g/mol. The van der Waals surface area contributed by atoms with Gasteiger partial charge in [0.15, 0.2) is 0 Å². The fraction of sp³-hybridized carbons (Fsp3) is 0.500. The summed E-state index contributed by atoms with van der Waals surface area (Å²) in [6, 6.07) is 2.64. The predicted octanol–water partition coefficient (Wildman–Crippen LogP) is 3.12. The number of aromatic carboxylic acids is 1. The summed E-state index contributed by atoms with van der Waals surface area (Å²) in [7, 11) is -2.21. The quantitative estimate of drug-likeness (QED) is 0.826. The van der Waals surface area contributed by atoms with Crippen LogP contribution in [0.5, 0.6) is 0 Å². The molecule has 1 rings (SSSR count). The molecule has 7 heteroatoms. The van der Waals surface area contributed by atoms with Crippen molar-refractivity contribution in [3.63, 3.8) is 0 Å². The molecule has 5 nitrogen and oxygen atoms in total. The van der Waals surface area contributed by atoms with E-state index < -0.39 is 16.0 Å². The van der Waals surface area contributed by atoms with Crippen LogP contribution in [-0.4, -0.2) is 37.4 Å². The molecule has 0 bridgehead atoms. The molecular formula is C14H20BrNO4S. The Labute approximate surface area is 134 Å². The normalized spacial score (nSPS) is 12.1. The van der Waals surface area contributed by atoms with Crippen LogP contribution in [0.1, 0.15) is 36.2 Å². The maximum Gasteiger partial charge on any atom is 0.335 e. The summed E-state index contributed by atoms with van der Waals surface area (Å²) in [5.74, 6) is -0.759. The molecule has 0 aliphatic carbocycles. The van der Waals surface area contributed by atoms with E-state index in [4.69, 9.17) is 5.11 Å². The highest BCUT2D eigenvalue weighted by Crippen LogP contribution is 2.29. The molecule has 0 spiro atoms. The first kappa shape index (κ1) is 18.1. The summed E-state index contributed by atoms with van der Waals surface area (Å²) in [5, 5.41) is 9.08. The second kappa shape index (κ2) is 6.89. The van der Waals surface area contributed by atoms with E-state index in [1.165, 1.54) is 23.5 Å². The van der Waals surface area contributed by atoms with E-state index in [-0.39, 0.29) is 10.5 Å². The van der Waals surface area contributed by atoms with Crippen LogP contribution >= 0.6 is 15.9 Å². The van der Waals surface area contributed by atoms with Gasteiger partial charge >= 0.3 is 5.97 Å². The third kappa shape index (κ3) is 4.28. The molecule has 118 valence electrons. The van der Waals surface area contributed by atoms with Crippen LogP contribution in [0.4, 0.5) is 0 Å². The van der Waals surface area contributed by atoms with Gasteiger partial charge in [-0.2, -0.15) is 0 Å². The molecule has 1 N–H and O–H groups in total. The van der Waals surface area contributed by atoms with Crippen molar-refractivity contribution < 1.29 is 18.3 Å². The van der Waals surface area contributed by atoms with Gasteiger partial charge in [-0.05, 0) is 52.9 Å². The number of aryl methyl sites for hydroxylation is 1. The maximum absolute atomic E-state index is 12.6. The van der Waals surface area contributed by atoms with E-state index >= 15 is 0 Å². The first-order chi connectivity index (χ1) is 9.57. The van der Waals surface area contributed by atoms with Crippen molar-refractivity contribution in [1.29, 1.82) is 0 Å². The lowest BCUT2D eigenvalue weighted by Gasteiger charge is -2.20. The molecule has 0 aliphatic heterocycles. The lowest BCUT2D eigenvalue weighted by molar-refractivity contribution is 0.0696. The highest BCUT2D eigenvalue weighted by Gasteiger charge is 2.25. The second-order valence-corrected chi connectivity index (χ2v) is 8.23. The van der Waals surface area contributed by atoms with Crippen LogP contribution < -0.4 is 0 Å². The Kier molecular flexibility index (Phi) is 5.95. The molecule has 0 amide bonds. The van der Waals surface area contributed by atoms with Gasteiger partial charge in [-0.3, -0.25) is 0 Å². The minimum Gasteiger partial charge on any atom is -0.478 e. The van der Waals surface area contributed by atoms with Gasteiger partial charge in [-0.15, -0.1) is 0 Å². The van der Waals surface area contributed by atoms with Crippen molar-refractivity contribution in [3.05, 3.63) is 27.7 Å². The predicted molar refractivity (Wildman–Crippen MR) is 85.1 cm³/mol. The Bertz CT molecular complexity index is 641. The van der Waals surface area contributed by atoms with E-state index in [1.807, 2.05) is 13.8 Å². The molecule has 0 unspecified atom stereocenters. The van der Waals surface area contributed by atoms with E-state index in [0.29, 0.717) is 22.5 Å². The molecule has 0 radical (unpaired) electrons. The summed E-state index contributed by atoms with van der Waals surface area (Å²) in [6.07, 6.45) is 0.741. The number of nitrogens with zero attached hydrogens (tertiary/aromatic N) is 1. The van der Waals surface area contributed by atoms with Gasteiger partial charge in [0.2, 0.25) is 10.0 Å². The third-order valence-corrected chi connectivity index (χ3v) is 6.37. The molecule has 0 fully saturated rings. The van der Waals surface area contributed by atoms with Gasteiger partial charge in [0, 0.05) is 18.1 Å². The Hall–Kier alpha value is -0.920. The van der Waals surface area contributed by atoms with Gasteiger partial charge in [0.1, 0.15) is 0 Å². The molecule has 0 heterocycles. The number of sulfonamides is 1. The van der Waals surface area contributed by atoms with Crippen molar-refractivity contribution in [1.82, 2.24) is 4.31 Å². The molecule has 21 heavy (non-hydrogen) atoms. The highest BCUT2D eigenvalue weighted by molar-refractivity contribution is 9.10. The second-order valence-electron chi connectivity index (χ2n) is 5.42. The fourth-order valence-electron chi connectivity index (χ4n) is 1.78. The maximum atomic E-state index is 12.6. The first-order valence-corrected chi connectivity index (χ1v) is 8.80. The van der Waals surface area contributed by atoms with E-state index in [1.54, 1.807) is 6.92 Å². The van der Waals surface area contributed by atoms with Crippen molar-refractivity contribution in [2.24, 2.45) is 5.92 Å². The lowest BCUT2D eigenvalue weighted by Crippen LogP contribution is -2.29. The Morgan fingerprint density at radius 3 is 2.43 bits per heavy atom. The summed E-state index contributed by atoms with van der Waals surface area (Å²) >= 11 is 3.25. The molecule has 0 saturated heterocycles. The average molecular weight is 378 g/mol. The third-order valence-electron chi connectivity index (χ3n) is 3.18. The SMILES string of the molecule is Cc1cc(C(=O)O)cc(S(=O)(=O)N(C)CCC(C)C)c1Br. The molecule has 1 aromatic rings. The number of carboxylic acids is 1. The van der Waals surface area contributed by atoms with E-state index in [2.05, 4.69) is 15.9 Å². The number of halogens is 1. The summed E-state index contributed by atoms with van der Waals surface area (Å²) in [4.78, 5) is 11.1. The Morgan fingerprint density at radius 2 is 1.95 bits per heavy atom. The number of benzene rings is 1. The van der Waals surface area contributed by atoms with E-state index in [9.17, 15) is 13.2 Å².